The summed E-state index contributed by atoms with van der Waals surface area (Å²) in [5.41, 5.74) is 1.09. The van der Waals surface area contributed by atoms with Crippen LogP contribution in [0.15, 0.2) is 24.3 Å². The highest BCUT2D eigenvalue weighted by atomic mass is 35.5. The molecule has 2 rings (SSSR count). The third-order valence-electron chi connectivity index (χ3n) is 2.54. The Bertz CT molecular complexity index is 562. The van der Waals surface area contributed by atoms with Gasteiger partial charge in [-0.15, -0.1) is 10.2 Å². The Hall–Kier alpha value is -1.59. The number of aromatic nitrogens is 3. The lowest BCUT2D eigenvalue weighted by Crippen LogP contribution is -2.19. The van der Waals surface area contributed by atoms with Crippen LogP contribution in [0, 0.1) is 0 Å². The minimum absolute atomic E-state index is 0.0704. The zero-order valence-electron chi connectivity index (χ0n) is 10.5. The standard InChI is InChI=1S/C12H12Cl2N4O/c1-18(11-10(13)16-17-12(14)15-11)7-8-3-5-9(19-2)6-4-8/h3-6H,7H2,1-2H3. The van der Waals surface area contributed by atoms with Gasteiger partial charge >= 0.3 is 0 Å². The molecule has 0 N–H and O–H groups in total. The van der Waals surface area contributed by atoms with Gasteiger partial charge in [-0.1, -0.05) is 23.7 Å². The van der Waals surface area contributed by atoms with Gasteiger partial charge < -0.3 is 9.64 Å². The smallest absolute Gasteiger partial charge is 0.245 e. The third-order valence-corrected chi connectivity index (χ3v) is 2.95. The lowest BCUT2D eigenvalue weighted by atomic mass is 10.2. The fraction of sp³-hybridized carbons (Fsp3) is 0.250. The van der Waals surface area contributed by atoms with E-state index in [-0.39, 0.29) is 10.4 Å². The van der Waals surface area contributed by atoms with Crippen LogP contribution in [0.5, 0.6) is 5.75 Å². The topological polar surface area (TPSA) is 51.1 Å². The highest BCUT2D eigenvalue weighted by Crippen LogP contribution is 2.22. The van der Waals surface area contributed by atoms with Crippen LogP contribution in [0.1, 0.15) is 5.56 Å². The van der Waals surface area contributed by atoms with E-state index < -0.39 is 0 Å². The number of rotatable bonds is 4. The molecule has 7 heteroatoms. The van der Waals surface area contributed by atoms with E-state index in [1.165, 1.54) is 0 Å². The molecule has 1 heterocycles. The number of ether oxygens (including phenoxy) is 1. The molecule has 0 unspecified atom stereocenters. The van der Waals surface area contributed by atoms with Gasteiger partial charge in [-0.25, -0.2) is 0 Å². The zero-order valence-corrected chi connectivity index (χ0v) is 12.0. The summed E-state index contributed by atoms with van der Waals surface area (Å²) in [5, 5.41) is 7.60. The van der Waals surface area contributed by atoms with Gasteiger partial charge in [0, 0.05) is 13.6 Å². The summed E-state index contributed by atoms with van der Waals surface area (Å²) in [6.45, 7) is 0.624. The van der Waals surface area contributed by atoms with E-state index in [1.54, 1.807) is 7.11 Å². The van der Waals surface area contributed by atoms with E-state index in [4.69, 9.17) is 27.9 Å². The van der Waals surface area contributed by atoms with Crippen molar-refractivity contribution in [2.75, 3.05) is 19.1 Å². The Morgan fingerprint density at radius 3 is 2.47 bits per heavy atom. The van der Waals surface area contributed by atoms with Gasteiger partial charge in [-0.05, 0) is 29.3 Å². The number of nitrogens with zero attached hydrogens (tertiary/aromatic N) is 4. The molecule has 0 aliphatic carbocycles. The molecule has 0 bridgehead atoms. The van der Waals surface area contributed by atoms with Crippen molar-refractivity contribution in [1.29, 1.82) is 0 Å². The first-order valence-corrected chi connectivity index (χ1v) is 6.25. The molecule has 0 radical (unpaired) electrons. The highest BCUT2D eigenvalue weighted by Gasteiger charge is 2.11. The third kappa shape index (κ3) is 3.45. The zero-order chi connectivity index (χ0) is 13.8. The number of hydrogen-bond acceptors (Lipinski definition) is 5. The molecule has 5 nitrogen and oxygen atoms in total. The predicted molar refractivity (Wildman–Crippen MR) is 74.9 cm³/mol. The van der Waals surface area contributed by atoms with E-state index in [0.717, 1.165) is 11.3 Å². The first-order chi connectivity index (χ1) is 9.10. The molecule has 100 valence electrons. The van der Waals surface area contributed by atoms with E-state index in [2.05, 4.69) is 15.2 Å². The molecule has 0 spiro atoms. The first kappa shape index (κ1) is 13.8. The van der Waals surface area contributed by atoms with Gasteiger partial charge in [-0.3, -0.25) is 0 Å². The average molecular weight is 299 g/mol. The van der Waals surface area contributed by atoms with Crippen LogP contribution >= 0.6 is 23.2 Å². The Morgan fingerprint density at radius 2 is 1.84 bits per heavy atom. The highest BCUT2D eigenvalue weighted by molar-refractivity contribution is 6.32. The molecule has 19 heavy (non-hydrogen) atoms. The Morgan fingerprint density at radius 1 is 1.16 bits per heavy atom. The van der Waals surface area contributed by atoms with Crippen LogP contribution in [0.3, 0.4) is 0 Å². The van der Waals surface area contributed by atoms with Gasteiger partial charge in [0.05, 0.1) is 7.11 Å². The second kappa shape index (κ2) is 6.04. The van der Waals surface area contributed by atoms with Gasteiger partial charge in [0.1, 0.15) is 5.75 Å². The first-order valence-electron chi connectivity index (χ1n) is 5.50. The van der Waals surface area contributed by atoms with Crippen molar-refractivity contribution in [3.05, 3.63) is 40.3 Å². The summed E-state index contributed by atoms with van der Waals surface area (Å²) in [5.74, 6) is 1.31. The van der Waals surface area contributed by atoms with E-state index >= 15 is 0 Å². The van der Waals surface area contributed by atoms with Crippen LogP contribution in [-0.2, 0) is 6.54 Å². The Labute approximate surface area is 121 Å². The lowest BCUT2D eigenvalue weighted by Gasteiger charge is -2.18. The number of methoxy groups -OCH3 is 1. The fourth-order valence-electron chi connectivity index (χ4n) is 1.61. The van der Waals surface area contributed by atoms with Crippen molar-refractivity contribution < 1.29 is 4.74 Å². The largest absolute Gasteiger partial charge is 0.497 e. The molecule has 0 saturated carbocycles. The quantitative estimate of drug-likeness (QED) is 0.869. The lowest BCUT2D eigenvalue weighted by molar-refractivity contribution is 0.414. The summed E-state index contributed by atoms with van der Waals surface area (Å²) in [6.07, 6.45) is 0. The van der Waals surface area contributed by atoms with E-state index in [0.29, 0.717) is 12.4 Å². The van der Waals surface area contributed by atoms with Gasteiger partial charge in [0.2, 0.25) is 5.28 Å². The molecule has 0 fully saturated rings. The molecule has 0 amide bonds. The van der Waals surface area contributed by atoms with Crippen molar-refractivity contribution in [2.24, 2.45) is 0 Å². The number of benzene rings is 1. The summed E-state index contributed by atoms with van der Waals surface area (Å²) < 4.78 is 5.11. The summed E-state index contributed by atoms with van der Waals surface area (Å²) in [4.78, 5) is 5.92. The predicted octanol–water partition coefficient (Wildman–Crippen LogP) is 2.82. The molecule has 1 aromatic carbocycles. The maximum Gasteiger partial charge on any atom is 0.245 e. The maximum atomic E-state index is 5.95. The van der Waals surface area contributed by atoms with Crippen LogP contribution in [0.2, 0.25) is 10.4 Å². The van der Waals surface area contributed by atoms with Crippen molar-refractivity contribution in [2.45, 2.75) is 6.54 Å². The van der Waals surface area contributed by atoms with Crippen LogP contribution in [-0.4, -0.2) is 29.3 Å². The molecule has 0 atom stereocenters. The molecule has 0 aliphatic heterocycles. The van der Waals surface area contributed by atoms with Crippen molar-refractivity contribution in [3.8, 4) is 5.75 Å². The minimum atomic E-state index is 0.0704. The van der Waals surface area contributed by atoms with Crippen molar-refractivity contribution in [1.82, 2.24) is 15.2 Å². The van der Waals surface area contributed by atoms with Gasteiger partial charge in [-0.2, -0.15) is 4.98 Å². The van der Waals surface area contributed by atoms with E-state index in [1.807, 2.05) is 36.2 Å². The molecule has 0 saturated heterocycles. The monoisotopic (exact) mass is 298 g/mol. The van der Waals surface area contributed by atoms with Gasteiger partial charge in [0.25, 0.3) is 0 Å². The molecular weight excluding hydrogens is 287 g/mol. The molecule has 1 aromatic heterocycles. The summed E-state index contributed by atoms with van der Waals surface area (Å²) >= 11 is 11.7. The number of hydrogen-bond donors (Lipinski definition) is 0. The number of anilines is 1. The van der Waals surface area contributed by atoms with Crippen LogP contribution in [0.4, 0.5) is 5.82 Å². The number of halogens is 2. The maximum absolute atomic E-state index is 5.95. The molecular formula is C12H12Cl2N4O. The Balaban J connectivity index is 2.15. The minimum Gasteiger partial charge on any atom is -0.497 e. The fourth-order valence-corrected chi connectivity index (χ4v) is 1.95. The SMILES string of the molecule is COc1ccc(CN(C)c2nc(Cl)nnc2Cl)cc1. The summed E-state index contributed by atoms with van der Waals surface area (Å²) in [6, 6.07) is 7.74. The molecule has 2 aromatic rings. The van der Waals surface area contributed by atoms with Crippen molar-refractivity contribution >= 4 is 29.0 Å². The van der Waals surface area contributed by atoms with Crippen LogP contribution < -0.4 is 9.64 Å². The van der Waals surface area contributed by atoms with Crippen molar-refractivity contribution in [3.63, 3.8) is 0 Å². The van der Waals surface area contributed by atoms with Gasteiger partial charge in [0.15, 0.2) is 11.0 Å². The average Bonchev–Trinajstić information content (AvgIpc) is 2.42. The second-order valence-electron chi connectivity index (χ2n) is 3.90. The Kier molecular flexibility index (Phi) is 4.39. The normalized spacial score (nSPS) is 10.3. The molecule has 0 aliphatic rings. The van der Waals surface area contributed by atoms with E-state index in [9.17, 15) is 0 Å². The second-order valence-corrected chi connectivity index (χ2v) is 4.60. The summed E-state index contributed by atoms with van der Waals surface area (Å²) in [7, 11) is 3.49. The van der Waals surface area contributed by atoms with Crippen LogP contribution in [0.25, 0.3) is 0 Å².